The summed E-state index contributed by atoms with van der Waals surface area (Å²) in [6, 6.07) is 0.912. The maximum absolute atomic E-state index is 11.8. The van der Waals surface area contributed by atoms with Gasteiger partial charge in [0, 0.05) is 18.6 Å². The van der Waals surface area contributed by atoms with Gasteiger partial charge in [-0.25, -0.2) is 4.68 Å². The molecular weight excluding hydrogens is 242 g/mol. The summed E-state index contributed by atoms with van der Waals surface area (Å²) in [5, 5.41) is 14.4. The predicted molar refractivity (Wildman–Crippen MR) is 72.4 cm³/mol. The number of carbonyl (C=O) groups is 1. The second kappa shape index (κ2) is 6.65. The van der Waals surface area contributed by atoms with Crippen molar-refractivity contribution in [2.45, 2.75) is 64.7 Å². The van der Waals surface area contributed by atoms with Crippen molar-refractivity contribution in [2.24, 2.45) is 0 Å². The summed E-state index contributed by atoms with van der Waals surface area (Å²) in [4.78, 5) is 11.8. The average molecular weight is 265 g/mol. The van der Waals surface area contributed by atoms with Crippen molar-refractivity contribution in [3.05, 3.63) is 11.9 Å². The average Bonchev–Trinajstić information content (AvgIpc) is 3.14. The van der Waals surface area contributed by atoms with Crippen molar-refractivity contribution >= 4 is 5.91 Å². The molecule has 0 bridgehead atoms. The number of nitrogens with zero attached hydrogens (tertiary/aromatic N) is 3. The van der Waals surface area contributed by atoms with Crippen LogP contribution in [0.2, 0.25) is 0 Å². The fraction of sp³-hybridized carbons (Fsp3) is 0.769. The van der Waals surface area contributed by atoms with Crippen molar-refractivity contribution in [1.29, 1.82) is 0 Å². The molecule has 1 aromatic rings. The predicted octanol–water partition coefficient (Wildman–Crippen LogP) is 0.835. The number of carbonyl (C=O) groups excluding carboxylic acids is 1. The number of rotatable bonds is 8. The van der Waals surface area contributed by atoms with E-state index < -0.39 is 0 Å². The third kappa shape index (κ3) is 4.63. The van der Waals surface area contributed by atoms with E-state index in [-0.39, 0.29) is 18.5 Å². The van der Waals surface area contributed by atoms with Crippen LogP contribution in [0.3, 0.4) is 0 Å². The Morgan fingerprint density at radius 3 is 2.84 bits per heavy atom. The summed E-state index contributed by atoms with van der Waals surface area (Å²) in [5.41, 5.74) is 0.891. The molecule has 19 heavy (non-hydrogen) atoms. The fourth-order valence-electron chi connectivity index (χ4n) is 1.95. The molecule has 0 radical (unpaired) electrons. The van der Waals surface area contributed by atoms with Gasteiger partial charge >= 0.3 is 0 Å². The Labute approximate surface area is 113 Å². The van der Waals surface area contributed by atoms with Gasteiger partial charge in [0.05, 0.1) is 11.9 Å². The third-order valence-electron chi connectivity index (χ3n) is 3.39. The summed E-state index contributed by atoms with van der Waals surface area (Å²) in [7, 11) is 0. The molecule has 1 aliphatic carbocycles. The minimum Gasteiger partial charge on any atom is -0.352 e. The smallest absolute Gasteiger partial charge is 0.242 e. The van der Waals surface area contributed by atoms with Crippen LogP contribution in [0, 0.1) is 0 Å². The van der Waals surface area contributed by atoms with Gasteiger partial charge in [-0.1, -0.05) is 19.1 Å². The second-order valence-electron chi connectivity index (χ2n) is 5.14. The lowest BCUT2D eigenvalue weighted by molar-refractivity contribution is -0.122. The Kier molecular flexibility index (Phi) is 4.90. The SMILES string of the molecule is CCC(CC)NC(=O)Cn1cc(CNC2CC2)nn1. The van der Waals surface area contributed by atoms with E-state index in [2.05, 4.69) is 34.8 Å². The standard InChI is InChI=1S/C13H23N5O/c1-3-10(4-2)15-13(19)9-18-8-12(16-17-18)7-14-11-5-6-11/h8,10-11,14H,3-7,9H2,1-2H3,(H,15,19). The quantitative estimate of drug-likeness (QED) is 0.730. The first kappa shape index (κ1) is 14.0. The van der Waals surface area contributed by atoms with Gasteiger partial charge in [0.25, 0.3) is 0 Å². The summed E-state index contributed by atoms with van der Waals surface area (Å²) < 4.78 is 1.60. The van der Waals surface area contributed by atoms with Gasteiger partial charge in [-0.05, 0) is 25.7 Å². The molecule has 0 aliphatic heterocycles. The molecule has 106 valence electrons. The van der Waals surface area contributed by atoms with Crippen molar-refractivity contribution < 1.29 is 4.79 Å². The summed E-state index contributed by atoms with van der Waals surface area (Å²) in [6.45, 7) is 5.13. The van der Waals surface area contributed by atoms with Crippen LogP contribution >= 0.6 is 0 Å². The molecule has 2 N–H and O–H groups in total. The van der Waals surface area contributed by atoms with Crippen LogP contribution in [0.5, 0.6) is 0 Å². The van der Waals surface area contributed by atoms with E-state index in [0.29, 0.717) is 6.04 Å². The van der Waals surface area contributed by atoms with Gasteiger partial charge in [-0.15, -0.1) is 5.10 Å². The van der Waals surface area contributed by atoms with Gasteiger partial charge in [-0.3, -0.25) is 4.79 Å². The van der Waals surface area contributed by atoms with E-state index in [0.717, 1.165) is 25.1 Å². The molecule has 1 aromatic heterocycles. The van der Waals surface area contributed by atoms with Crippen molar-refractivity contribution in [3.8, 4) is 0 Å². The molecule has 0 spiro atoms. The van der Waals surface area contributed by atoms with Crippen LogP contribution in [0.4, 0.5) is 0 Å². The zero-order chi connectivity index (χ0) is 13.7. The van der Waals surface area contributed by atoms with Crippen molar-refractivity contribution in [3.63, 3.8) is 0 Å². The Balaban J connectivity index is 1.76. The third-order valence-corrected chi connectivity index (χ3v) is 3.39. The topological polar surface area (TPSA) is 71.8 Å². The molecule has 0 aromatic carbocycles. The van der Waals surface area contributed by atoms with Gasteiger partial charge in [-0.2, -0.15) is 0 Å². The highest BCUT2D eigenvalue weighted by atomic mass is 16.2. The minimum absolute atomic E-state index is 0.000280. The molecule has 2 rings (SSSR count). The largest absolute Gasteiger partial charge is 0.352 e. The van der Waals surface area contributed by atoms with Crippen LogP contribution in [-0.4, -0.2) is 33.0 Å². The zero-order valence-corrected chi connectivity index (χ0v) is 11.7. The molecule has 0 unspecified atom stereocenters. The first-order valence-electron chi connectivity index (χ1n) is 7.13. The fourth-order valence-corrected chi connectivity index (χ4v) is 1.95. The number of amides is 1. The normalized spacial score (nSPS) is 14.9. The zero-order valence-electron chi connectivity index (χ0n) is 11.7. The molecule has 1 fully saturated rings. The second-order valence-corrected chi connectivity index (χ2v) is 5.14. The first-order chi connectivity index (χ1) is 9.21. The molecule has 1 saturated carbocycles. The van der Waals surface area contributed by atoms with E-state index in [4.69, 9.17) is 0 Å². The molecule has 6 nitrogen and oxygen atoms in total. The van der Waals surface area contributed by atoms with Crippen molar-refractivity contribution in [2.75, 3.05) is 0 Å². The molecular formula is C13H23N5O. The van der Waals surface area contributed by atoms with E-state index in [9.17, 15) is 4.79 Å². The lowest BCUT2D eigenvalue weighted by atomic mass is 10.2. The maximum atomic E-state index is 11.8. The molecule has 0 saturated heterocycles. The molecule has 1 heterocycles. The van der Waals surface area contributed by atoms with Crippen LogP contribution in [0.25, 0.3) is 0 Å². The Morgan fingerprint density at radius 2 is 2.21 bits per heavy atom. The maximum Gasteiger partial charge on any atom is 0.242 e. The summed E-state index contributed by atoms with van der Waals surface area (Å²) in [6.07, 6.45) is 6.26. The van der Waals surface area contributed by atoms with E-state index in [1.54, 1.807) is 4.68 Å². The summed E-state index contributed by atoms with van der Waals surface area (Å²) in [5.74, 6) is 0.000280. The van der Waals surface area contributed by atoms with Crippen LogP contribution < -0.4 is 10.6 Å². The molecule has 6 heteroatoms. The Morgan fingerprint density at radius 1 is 1.47 bits per heavy atom. The molecule has 0 atom stereocenters. The van der Waals surface area contributed by atoms with Gasteiger partial charge in [0.15, 0.2) is 0 Å². The van der Waals surface area contributed by atoms with Gasteiger partial charge < -0.3 is 10.6 Å². The lowest BCUT2D eigenvalue weighted by Gasteiger charge is -2.14. The van der Waals surface area contributed by atoms with Gasteiger partial charge in [0.1, 0.15) is 6.54 Å². The van der Waals surface area contributed by atoms with Crippen LogP contribution in [0.1, 0.15) is 45.2 Å². The molecule has 1 amide bonds. The highest BCUT2D eigenvalue weighted by Crippen LogP contribution is 2.18. The highest BCUT2D eigenvalue weighted by Gasteiger charge is 2.20. The van der Waals surface area contributed by atoms with E-state index >= 15 is 0 Å². The Hall–Kier alpha value is -1.43. The van der Waals surface area contributed by atoms with Crippen LogP contribution in [0.15, 0.2) is 6.20 Å². The monoisotopic (exact) mass is 265 g/mol. The lowest BCUT2D eigenvalue weighted by Crippen LogP contribution is -2.36. The highest BCUT2D eigenvalue weighted by molar-refractivity contribution is 5.75. The number of hydrogen-bond acceptors (Lipinski definition) is 4. The van der Waals surface area contributed by atoms with Crippen LogP contribution in [-0.2, 0) is 17.9 Å². The van der Waals surface area contributed by atoms with Crippen molar-refractivity contribution in [1.82, 2.24) is 25.6 Å². The first-order valence-corrected chi connectivity index (χ1v) is 7.13. The Bertz CT molecular complexity index is 409. The van der Waals surface area contributed by atoms with E-state index in [1.165, 1.54) is 12.8 Å². The summed E-state index contributed by atoms with van der Waals surface area (Å²) >= 11 is 0. The number of aromatic nitrogens is 3. The molecule has 1 aliphatic rings. The number of hydrogen-bond donors (Lipinski definition) is 2. The number of nitrogens with one attached hydrogen (secondary N) is 2. The minimum atomic E-state index is 0.000280. The van der Waals surface area contributed by atoms with E-state index in [1.807, 2.05) is 6.20 Å². The van der Waals surface area contributed by atoms with Gasteiger partial charge in [0.2, 0.25) is 5.91 Å².